The fraction of sp³-hybridized carbons (Fsp3) is 0.318. The highest BCUT2D eigenvalue weighted by Crippen LogP contribution is 2.19. The molecule has 1 aliphatic heterocycles. The summed E-state index contributed by atoms with van der Waals surface area (Å²) in [4.78, 5) is 14.4. The van der Waals surface area contributed by atoms with E-state index in [0.717, 1.165) is 11.1 Å². The van der Waals surface area contributed by atoms with Gasteiger partial charge in [-0.2, -0.15) is 0 Å². The van der Waals surface area contributed by atoms with Gasteiger partial charge < -0.3 is 9.64 Å². The molecule has 0 aromatic heterocycles. The van der Waals surface area contributed by atoms with Crippen molar-refractivity contribution >= 4 is 21.8 Å². The first kappa shape index (κ1) is 20.1. The summed E-state index contributed by atoms with van der Waals surface area (Å²) in [6, 6.07) is 17.0. The van der Waals surface area contributed by atoms with Crippen molar-refractivity contribution in [2.75, 3.05) is 24.7 Å². The Bertz CT molecular complexity index is 921. The monoisotopic (exact) mass is 399 g/mol. The fourth-order valence-corrected chi connectivity index (χ4v) is 4.94. The summed E-state index contributed by atoms with van der Waals surface area (Å²) in [6.45, 7) is 2.22. The van der Waals surface area contributed by atoms with E-state index in [1.165, 1.54) is 0 Å². The van der Waals surface area contributed by atoms with E-state index in [0.29, 0.717) is 18.7 Å². The summed E-state index contributed by atoms with van der Waals surface area (Å²) >= 11 is 0. The molecule has 1 unspecified atom stereocenters. The highest BCUT2D eigenvalue weighted by Gasteiger charge is 2.34. The molecular formula is C22H25NO4S. The number of aryl methyl sites for hydroxylation is 1. The lowest BCUT2D eigenvalue weighted by Crippen LogP contribution is -2.43. The first-order chi connectivity index (χ1) is 13.4. The molecule has 2 aromatic rings. The van der Waals surface area contributed by atoms with Crippen LogP contribution in [0.3, 0.4) is 0 Å². The van der Waals surface area contributed by atoms with Gasteiger partial charge >= 0.3 is 0 Å². The maximum absolute atomic E-state index is 12.8. The van der Waals surface area contributed by atoms with Gasteiger partial charge in [0.15, 0.2) is 16.4 Å². The van der Waals surface area contributed by atoms with Crippen LogP contribution in [-0.2, 0) is 14.6 Å². The number of carbonyl (C=O) groups is 1. The van der Waals surface area contributed by atoms with Gasteiger partial charge in [0, 0.05) is 12.6 Å². The molecular weight excluding hydrogens is 374 g/mol. The molecule has 5 nitrogen and oxygen atoms in total. The average Bonchev–Trinajstić information content (AvgIpc) is 3.05. The van der Waals surface area contributed by atoms with E-state index in [2.05, 4.69) is 0 Å². The second-order valence-corrected chi connectivity index (χ2v) is 9.25. The molecule has 28 heavy (non-hydrogen) atoms. The van der Waals surface area contributed by atoms with Crippen LogP contribution in [0.2, 0.25) is 0 Å². The van der Waals surface area contributed by atoms with Gasteiger partial charge in [-0.1, -0.05) is 60.2 Å². The summed E-state index contributed by atoms with van der Waals surface area (Å²) in [5.74, 6) is 0.559. The second kappa shape index (κ2) is 9.06. The highest BCUT2D eigenvalue weighted by molar-refractivity contribution is 7.91. The molecule has 0 radical (unpaired) electrons. The average molecular weight is 400 g/mol. The Morgan fingerprint density at radius 3 is 2.50 bits per heavy atom. The van der Waals surface area contributed by atoms with Gasteiger partial charge in [0.2, 0.25) is 0 Å². The minimum absolute atomic E-state index is 0.0163. The van der Waals surface area contributed by atoms with E-state index < -0.39 is 9.84 Å². The lowest BCUT2D eigenvalue weighted by atomic mass is 10.2. The van der Waals surface area contributed by atoms with Crippen molar-refractivity contribution in [1.82, 2.24) is 4.90 Å². The molecule has 0 saturated carbocycles. The summed E-state index contributed by atoms with van der Waals surface area (Å²) in [5.41, 5.74) is 2.15. The first-order valence-corrected chi connectivity index (χ1v) is 11.2. The number of rotatable bonds is 7. The Hall–Kier alpha value is -2.60. The number of hydrogen-bond donors (Lipinski definition) is 0. The van der Waals surface area contributed by atoms with Crippen LogP contribution >= 0.6 is 0 Å². The van der Waals surface area contributed by atoms with Gasteiger partial charge in [-0.05, 0) is 31.0 Å². The van der Waals surface area contributed by atoms with Crippen LogP contribution in [0.4, 0.5) is 0 Å². The minimum atomic E-state index is -3.08. The standard InChI is InChI=1S/C22H25NO4S/c1-18-9-11-21(12-10-18)27-16-22(24)23(20-13-15-28(25,26)17-20)14-5-8-19-6-3-2-4-7-19/h2-12,20H,13-17H2,1H3/b8-5+. The molecule has 3 rings (SSSR count). The zero-order valence-electron chi connectivity index (χ0n) is 16.0. The Balaban J connectivity index is 1.67. The molecule has 0 aliphatic carbocycles. The van der Waals surface area contributed by atoms with Crippen LogP contribution in [0.15, 0.2) is 60.7 Å². The zero-order chi connectivity index (χ0) is 20.0. The second-order valence-electron chi connectivity index (χ2n) is 7.02. The van der Waals surface area contributed by atoms with E-state index in [1.54, 1.807) is 4.90 Å². The van der Waals surface area contributed by atoms with E-state index in [4.69, 9.17) is 4.74 Å². The predicted octanol–water partition coefficient (Wildman–Crippen LogP) is 3.10. The molecule has 0 spiro atoms. The number of hydrogen-bond acceptors (Lipinski definition) is 4. The summed E-state index contributed by atoms with van der Waals surface area (Å²) in [6.07, 6.45) is 4.30. The number of carbonyl (C=O) groups excluding carboxylic acids is 1. The Kier molecular flexibility index (Phi) is 6.52. The van der Waals surface area contributed by atoms with Crippen LogP contribution in [0.1, 0.15) is 17.5 Å². The van der Waals surface area contributed by atoms with Crippen molar-refractivity contribution in [3.8, 4) is 5.75 Å². The minimum Gasteiger partial charge on any atom is -0.484 e. The maximum Gasteiger partial charge on any atom is 0.261 e. The van der Waals surface area contributed by atoms with Crippen molar-refractivity contribution in [2.45, 2.75) is 19.4 Å². The van der Waals surface area contributed by atoms with E-state index >= 15 is 0 Å². The third-order valence-corrected chi connectivity index (χ3v) is 6.52. The van der Waals surface area contributed by atoms with E-state index in [-0.39, 0.29) is 30.1 Å². The van der Waals surface area contributed by atoms with E-state index in [1.807, 2.05) is 73.7 Å². The van der Waals surface area contributed by atoms with Crippen LogP contribution in [-0.4, -0.2) is 49.9 Å². The first-order valence-electron chi connectivity index (χ1n) is 9.34. The summed E-state index contributed by atoms with van der Waals surface area (Å²) in [5, 5.41) is 0. The van der Waals surface area contributed by atoms with Crippen LogP contribution in [0.5, 0.6) is 5.75 Å². The third-order valence-electron chi connectivity index (χ3n) is 4.76. The topological polar surface area (TPSA) is 63.7 Å². The van der Waals surface area contributed by atoms with Crippen LogP contribution in [0, 0.1) is 6.92 Å². The number of ether oxygens (including phenoxy) is 1. The third kappa shape index (κ3) is 5.70. The van der Waals surface area contributed by atoms with Gasteiger partial charge in [0.1, 0.15) is 5.75 Å². The van der Waals surface area contributed by atoms with Crippen molar-refractivity contribution in [3.05, 3.63) is 71.8 Å². The molecule has 1 saturated heterocycles. The molecule has 6 heteroatoms. The number of benzene rings is 2. The number of sulfone groups is 1. The summed E-state index contributed by atoms with van der Waals surface area (Å²) in [7, 11) is -3.08. The Morgan fingerprint density at radius 1 is 1.14 bits per heavy atom. The largest absolute Gasteiger partial charge is 0.484 e. The highest BCUT2D eigenvalue weighted by atomic mass is 32.2. The zero-order valence-corrected chi connectivity index (χ0v) is 16.8. The Morgan fingerprint density at radius 2 is 1.86 bits per heavy atom. The molecule has 2 aromatic carbocycles. The number of nitrogens with zero attached hydrogens (tertiary/aromatic N) is 1. The van der Waals surface area contributed by atoms with Crippen LogP contribution in [0.25, 0.3) is 6.08 Å². The van der Waals surface area contributed by atoms with Crippen molar-refractivity contribution < 1.29 is 17.9 Å². The quantitative estimate of drug-likeness (QED) is 0.718. The van der Waals surface area contributed by atoms with Crippen molar-refractivity contribution in [2.24, 2.45) is 0 Å². The molecule has 0 bridgehead atoms. The van der Waals surface area contributed by atoms with Gasteiger partial charge in [0.25, 0.3) is 5.91 Å². The molecule has 148 valence electrons. The molecule has 1 heterocycles. The van der Waals surface area contributed by atoms with E-state index in [9.17, 15) is 13.2 Å². The summed E-state index contributed by atoms with van der Waals surface area (Å²) < 4.78 is 29.4. The fourth-order valence-electron chi connectivity index (χ4n) is 3.20. The van der Waals surface area contributed by atoms with Crippen molar-refractivity contribution in [1.29, 1.82) is 0 Å². The molecule has 0 N–H and O–H groups in total. The lowest BCUT2D eigenvalue weighted by Gasteiger charge is -2.27. The lowest BCUT2D eigenvalue weighted by molar-refractivity contribution is -0.134. The van der Waals surface area contributed by atoms with Crippen molar-refractivity contribution in [3.63, 3.8) is 0 Å². The van der Waals surface area contributed by atoms with Gasteiger partial charge in [0.05, 0.1) is 11.5 Å². The predicted molar refractivity (Wildman–Crippen MR) is 111 cm³/mol. The molecule has 1 aliphatic rings. The van der Waals surface area contributed by atoms with Gasteiger partial charge in [-0.25, -0.2) is 8.42 Å². The number of amides is 1. The molecule has 1 amide bonds. The Labute approximate surface area is 166 Å². The smallest absolute Gasteiger partial charge is 0.261 e. The van der Waals surface area contributed by atoms with Crippen LogP contribution < -0.4 is 4.74 Å². The normalized spacial score (nSPS) is 18.2. The maximum atomic E-state index is 12.8. The van der Waals surface area contributed by atoms with Gasteiger partial charge in [-0.15, -0.1) is 0 Å². The van der Waals surface area contributed by atoms with Gasteiger partial charge in [-0.3, -0.25) is 4.79 Å². The SMILES string of the molecule is Cc1ccc(OCC(=O)N(C/C=C/c2ccccc2)C2CCS(=O)(=O)C2)cc1. The molecule has 1 atom stereocenters. The molecule has 1 fully saturated rings.